The Labute approximate surface area is 104 Å². The lowest BCUT2D eigenvalue weighted by Crippen LogP contribution is -2.21. The fourth-order valence-electron chi connectivity index (χ4n) is 2.55. The molecule has 1 aliphatic rings. The third-order valence-corrected chi connectivity index (χ3v) is 3.93. The minimum absolute atomic E-state index is 0.0541. The summed E-state index contributed by atoms with van der Waals surface area (Å²) in [6.45, 7) is 12.7. The van der Waals surface area contributed by atoms with Gasteiger partial charge in [0.2, 0.25) is 0 Å². The summed E-state index contributed by atoms with van der Waals surface area (Å²) in [5.41, 5.74) is 4.36. The number of rotatable bonds is 1. The highest BCUT2D eigenvalue weighted by molar-refractivity contribution is 5.72. The zero-order valence-corrected chi connectivity index (χ0v) is 11.3. The predicted octanol–water partition coefficient (Wildman–Crippen LogP) is 3.76. The average molecular weight is 231 g/mol. The van der Waals surface area contributed by atoms with Crippen LogP contribution in [0.1, 0.15) is 44.7 Å². The molecule has 0 saturated carbocycles. The van der Waals surface area contributed by atoms with E-state index < -0.39 is 0 Å². The highest BCUT2D eigenvalue weighted by Crippen LogP contribution is 2.48. The average Bonchev–Trinajstić information content (AvgIpc) is 2.39. The van der Waals surface area contributed by atoms with E-state index >= 15 is 0 Å². The van der Waals surface area contributed by atoms with E-state index in [4.69, 9.17) is 0 Å². The lowest BCUT2D eigenvalue weighted by atomic mass is 9.82. The first-order chi connectivity index (χ1) is 7.76. The van der Waals surface area contributed by atoms with Crippen LogP contribution in [0.4, 0.5) is 5.69 Å². The lowest BCUT2D eigenvalue weighted by Gasteiger charge is -2.22. The monoisotopic (exact) mass is 231 g/mol. The van der Waals surface area contributed by atoms with Gasteiger partial charge in [0.15, 0.2) is 0 Å². The Balaban J connectivity index is 2.69. The molecular weight excluding hydrogens is 210 g/mol. The van der Waals surface area contributed by atoms with E-state index in [-0.39, 0.29) is 5.41 Å². The molecule has 0 radical (unpaired) electrons. The second-order valence-corrected chi connectivity index (χ2v) is 5.71. The van der Waals surface area contributed by atoms with E-state index in [0.29, 0.717) is 11.7 Å². The van der Waals surface area contributed by atoms with Crippen LogP contribution in [-0.2, 0) is 5.41 Å². The third-order valence-electron chi connectivity index (χ3n) is 3.93. The zero-order valence-electron chi connectivity index (χ0n) is 11.3. The largest absolute Gasteiger partial charge is 0.508 e. The number of likely N-dealkylation sites (N-methyl/N-ethyl adjacent to an activating group) is 1. The van der Waals surface area contributed by atoms with Gasteiger partial charge >= 0.3 is 0 Å². The Hall–Kier alpha value is -1.44. The molecule has 0 spiro atoms. The van der Waals surface area contributed by atoms with Crippen LogP contribution in [-0.4, -0.2) is 12.2 Å². The molecule has 0 amide bonds. The first-order valence-electron chi connectivity index (χ1n) is 6.07. The van der Waals surface area contributed by atoms with Crippen molar-refractivity contribution < 1.29 is 5.11 Å². The molecule has 2 rings (SSSR count). The van der Waals surface area contributed by atoms with E-state index in [1.54, 1.807) is 0 Å². The predicted molar refractivity (Wildman–Crippen MR) is 72.8 cm³/mol. The molecule has 0 aromatic heterocycles. The van der Waals surface area contributed by atoms with E-state index in [1.807, 2.05) is 13.1 Å². The molecule has 1 heterocycles. The molecule has 1 aromatic rings. The van der Waals surface area contributed by atoms with Crippen molar-refractivity contribution in [2.75, 3.05) is 11.9 Å². The number of phenols is 1. The molecular formula is C15H21NO. The SMILES string of the molecule is C=C1N(C)c2cc(O)c(C(C)C)cc2C1(C)C. The molecule has 0 unspecified atom stereocenters. The Morgan fingerprint density at radius 3 is 2.41 bits per heavy atom. The Morgan fingerprint density at radius 1 is 1.29 bits per heavy atom. The van der Waals surface area contributed by atoms with Crippen LogP contribution in [0.25, 0.3) is 0 Å². The van der Waals surface area contributed by atoms with Crippen LogP contribution in [0.5, 0.6) is 5.75 Å². The van der Waals surface area contributed by atoms with Crippen molar-refractivity contribution in [3.05, 3.63) is 35.5 Å². The van der Waals surface area contributed by atoms with E-state index in [1.165, 1.54) is 5.56 Å². The molecule has 92 valence electrons. The minimum Gasteiger partial charge on any atom is -0.508 e. The van der Waals surface area contributed by atoms with Crippen molar-refractivity contribution in [2.24, 2.45) is 0 Å². The maximum absolute atomic E-state index is 10.1. The van der Waals surface area contributed by atoms with Crippen LogP contribution >= 0.6 is 0 Å². The second kappa shape index (κ2) is 3.52. The zero-order chi connectivity index (χ0) is 13.0. The Kier molecular flexibility index (Phi) is 2.49. The molecule has 1 aromatic carbocycles. The summed E-state index contributed by atoms with van der Waals surface area (Å²) in [7, 11) is 2.00. The molecule has 1 aliphatic heterocycles. The Bertz CT molecular complexity index is 486. The van der Waals surface area contributed by atoms with Gasteiger partial charge in [0.05, 0.1) is 0 Å². The summed E-state index contributed by atoms with van der Waals surface area (Å²) < 4.78 is 0. The van der Waals surface area contributed by atoms with Gasteiger partial charge in [0.1, 0.15) is 5.75 Å². The fourth-order valence-corrected chi connectivity index (χ4v) is 2.55. The molecule has 0 saturated heterocycles. The summed E-state index contributed by atoms with van der Waals surface area (Å²) in [5.74, 6) is 0.714. The molecule has 17 heavy (non-hydrogen) atoms. The lowest BCUT2D eigenvalue weighted by molar-refractivity contribution is 0.464. The highest BCUT2D eigenvalue weighted by Gasteiger charge is 2.38. The summed E-state index contributed by atoms with van der Waals surface area (Å²) in [6.07, 6.45) is 0. The number of aromatic hydroxyl groups is 1. The van der Waals surface area contributed by atoms with Gasteiger partial charge in [-0.15, -0.1) is 0 Å². The number of allylic oxidation sites excluding steroid dienone is 1. The number of hydrogen-bond donors (Lipinski definition) is 1. The van der Waals surface area contributed by atoms with Gasteiger partial charge in [-0.1, -0.05) is 34.3 Å². The standard InChI is InChI=1S/C15H21NO/c1-9(2)11-7-12-13(8-14(11)17)16(6)10(3)15(12,4)5/h7-9,17H,3H2,1-2,4-6H3. The molecule has 0 bridgehead atoms. The summed E-state index contributed by atoms with van der Waals surface area (Å²) in [6, 6.07) is 3.99. The number of phenolic OH excluding ortho intramolecular Hbond substituents is 1. The molecule has 0 aliphatic carbocycles. The van der Waals surface area contributed by atoms with E-state index in [0.717, 1.165) is 16.9 Å². The first kappa shape index (κ1) is 12.0. The van der Waals surface area contributed by atoms with Crippen molar-refractivity contribution >= 4 is 5.69 Å². The quantitative estimate of drug-likeness (QED) is 0.795. The van der Waals surface area contributed by atoms with Gasteiger partial charge in [-0.05, 0) is 23.1 Å². The third kappa shape index (κ3) is 1.54. The number of benzene rings is 1. The molecule has 2 nitrogen and oxygen atoms in total. The maximum Gasteiger partial charge on any atom is 0.121 e. The van der Waals surface area contributed by atoms with Crippen LogP contribution in [0.15, 0.2) is 24.4 Å². The topological polar surface area (TPSA) is 23.5 Å². The number of nitrogens with zero attached hydrogens (tertiary/aromatic N) is 1. The first-order valence-corrected chi connectivity index (χ1v) is 6.07. The fraction of sp³-hybridized carbons (Fsp3) is 0.467. The van der Waals surface area contributed by atoms with Crippen LogP contribution in [0.2, 0.25) is 0 Å². The Morgan fingerprint density at radius 2 is 1.88 bits per heavy atom. The second-order valence-electron chi connectivity index (χ2n) is 5.71. The summed E-state index contributed by atoms with van der Waals surface area (Å²) >= 11 is 0. The highest BCUT2D eigenvalue weighted by atomic mass is 16.3. The smallest absolute Gasteiger partial charge is 0.121 e. The van der Waals surface area contributed by atoms with Crippen molar-refractivity contribution in [2.45, 2.75) is 39.0 Å². The van der Waals surface area contributed by atoms with Gasteiger partial charge in [-0.2, -0.15) is 0 Å². The number of anilines is 1. The molecule has 2 heteroatoms. The molecule has 0 fully saturated rings. The number of hydrogen-bond acceptors (Lipinski definition) is 2. The summed E-state index contributed by atoms with van der Waals surface area (Å²) in [5, 5.41) is 10.1. The van der Waals surface area contributed by atoms with Crippen molar-refractivity contribution in [1.29, 1.82) is 0 Å². The maximum atomic E-state index is 10.1. The van der Waals surface area contributed by atoms with Crippen molar-refractivity contribution in [3.63, 3.8) is 0 Å². The van der Waals surface area contributed by atoms with Crippen LogP contribution in [0, 0.1) is 0 Å². The summed E-state index contributed by atoms with van der Waals surface area (Å²) in [4.78, 5) is 2.07. The van der Waals surface area contributed by atoms with Gasteiger partial charge in [-0.25, -0.2) is 0 Å². The van der Waals surface area contributed by atoms with Gasteiger partial charge in [0.25, 0.3) is 0 Å². The van der Waals surface area contributed by atoms with Gasteiger partial charge in [-0.3, -0.25) is 0 Å². The van der Waals surface area contributed by atoms with Gasteiger partial charge < -0.3 is 10.0 Å². The van der Waals surface area contributed by atoms with Crippen molar-refractivity contribution in [3.8, 4) is 5.75 Å². The van der Waals surface area contributed by atoms with Crippen LogP contribution in [0.3, 0.4) is 0 Å². The number of fused-ring (bicyclic) bond motifs is 1. The molecule has 0 atom stereocenters. The van der Waals surface area contributed by atoms with Gasteiger partial charge in [0, 0.05) is 29.9 Å². The molecule has 1 N–H and O–H groups in total. The van der Waals surface area contributed by atoms with E-state index in [2.05, 4.69) is 45.2 Å². The normalized spacial score (nSPS) is 17.8. The van der Waals surface area contributed by atoms with Crippen LogP contribution < -0.4 is 4.90 Å². The van der Waals surface area contributed by atoms with Crippen molar-refractivity contribution in [1.82, 2.24) is 0 Å². The van der Waals surface area contributed by atoms with E-state index in [9.17, 15) is 5.11 Å². The minimum atomic E-state index is -0.0541.